The predicted molar refractivity (Wildman–Crippen MR) is 108 cm³/mol. The number of carbonyl (C=O) groups excluding carboxylic acids is 2. The summed E-state index contributed by atoms with van der Waals surface area (Å²) in [6, 6.07) is 14.6. The highest BCUT2D eigenvalue weighted by molar-refractivity contribution is 5.95. The minimum atomic E-state index is -0.383. The largest absolute Gasteiger partial charge is 0.497 e. The number of nitrogens with one attached hydrogen (secondary N) is 2. The third kappa shape index (κ3) is 6.61. The second kappa shape index (κ2) is 9.78. The number of benzene rings is 2. The topological polar surface area (TPSA) is 76.7 Å². The summed E-state index contributed by atoms with van der Waals surface area (Å²) in [5.41, 5.74) is 6.58. The molecular formula is C22H28N2O4. The Morgan fingerprint density at radius 3 is 2.07 bits per heavy atom. The molecule has 0 saturated carbocycles. The molecule has 2 aromatic rings. The lowest BCUT2D eigenvalue weighted by Gasteiger charge is -2.19. The van der Waals surface area contributed by atoms with Crippen molar-refractivity contribution in [3.63, 3.8) is 0 Å². The van der Waals surface area contributed by atoms with Gasteiger partial charge in [-0.05, 0) is 53.8 Å². The van der Waals surface area contributed by atoms with Crippen molar-refractivity contribution in [2.24, 2.45) is 0 Å². The average molecular weight is 384 g/mol. The molecule has 0 radical (unpaired) electrons. The molecule has 0 saturated heterocycles. The molecule has 0 aromatic heterocycles. The van der Waals surface area contributed by atoms with E-state index < -0.39 is 0 Å². The first-order chi connectivity index (χ1) is 13.3. The van der Waals surface area contributed by atoms with Gasteiger partial charge >= 0.3 is 0 Å². The van der Waals surface area contributed by atoms with Crippen LogP contribution in [0.25, 0.3) is 0 Å². The van der Waals surface area contributed by atoms with Crippen LogP contribution in [0.1, 0.15) is 49.5 Å². The van der Waals surface area contributed by atoms with E-state index >= 15 is 0 Å². The monoisotopic (exact) mass is 384 g/mol. The maximum Gasteiger partial charge on any atom is 0.269 e. The average Bonchev–Trinajstić information content (AvgIpc) is 2.69. The van der Waals surface area contributed by atoms with Crippen LogP contribution in [-0.4, -0.2) is 25.5 Å². The summed E-state index contributed by atoms with van der Waals surface area (Å²) in [5.74, 6) is 0.787. The van der Waals surface area contributed by atoms with E-state index in [0.29, 0.717) is 24.3 Å². The molecule has 0 aliphatic rings. The van der Waals surface area contributed by atoms with Gasteiger partial charge in [0, 0.05) is 12.0 Å². The maximum absolute atomic E-state index is 12.0. The molecule has 0 aliphatic carbocycles. The van der Waals surface area contributed by atoms with Crippen molar-refractivity contribution in [2.75, 3.05) is 13.7 Å². The van der Waals surface area contributed by atoms with E-state index in [1.807, 2.05) is 12.1 Å². The Balaban J connectivity index is 1.66. The summed E-state index contributed by atoms with van der Waals surface area (Å²) in [6.07, 6.45) is 0.800. The number of amides is 2. The Hall–Kier alpha value is -3.02. The van der Waals surface area contributed by atoms with Gasteiger partial charge in [0.1, 0.15) is 11.5 Å². The maximum atomic E-state index is 12.0. The second-order valence-corrected chi connectivity index (χ2v) is 7.46. The number of hydrogen-bond acceptors (Lipinski definition) is 4. The first-order valence-electron chi connectivity index (χ1n) is 9.26. The van der Waals surface area contributed by atoms with Gasteiger partial charge < -0.3 is 9.47 Å². The van der Waals surface area contributed by atoms with Crippen LogP contribution in [0.4, 0.5) is 0 Å². The highest BCUT2D eigenvalue weighted by atomic mass is 16.5. The molecule has 0 spiro atoms. The van der Waals surface area contributed by atoms with E-state index in [1.54, 1.807) is 31.4 Å². The predicted octanol–water partition coefficient (Wildman–Crippen LogP) is 3.61. The van der Waals surface area contributed by atoms with Crippen LogP contribution in [0, 0.1) is 0 Å². The summed E-state index contributed by atoms with van der Waals surface area (Å²) in [4.78, 5) is 23.8. The normalized spacial score (nSPS) is 10.9. The van der Waals surface area contributed by atoms with E-state index in [4.69, 9.17) is 9.47 Å². The standard InChI is InChI=1S/C22H28N2O4/c1-22(2,3)17-9-13-19(14-10-17)28-15-5-6-20(25)23-24-21(26)16-7-11-18(27-4)12-8-16/h7-14H,5-6,15H2,1-4H3,(H,23,25)(H,24,26). The zero-order valence-corrected chi connectivity index (χ0v) is 16.9. The molecule has 28 heavy (non-hydrogen) atoms. The van der Waals surface area contributed by atoms with Gasteiger partial charge in [0.25, 0.3) is 5.91 Å². The quantitative estimate of drug-likeness (QED) is 0.565. The fourth-order valence-electron chi connectivity index (χ4n) is 2.48. The highest BCUT2D eigenvalue weighted by Gasteiger charge is 2.13. The van der Waals surface area contributed by atoms with E-state index in [-0.39, 0.29) is 23.7 Å². The minimum Gasteiger partial charge on any atom is -0.497 e. The fraction of sp³-hybridized carbons (Fsp3) is 0.364. The fourth-order valence-corrected chi connectivity index (χ4v) is 2.48. The van der Waals surface area contributed by atoms with E-state index in [9.17, 15) is 9.59 Å². The smallest absolute Gasteiger partial charge is 0.269 e. The Bertz CT molecular complexity index is 778. The summed E-state index contributed by atoms with van der Waals surface area (Å²) in [7, 11) is 1.56. The van der Waals surface area contributed by atoms with E-state index in [2.05, 4.69) is 43.8 Å². The summed E-state index contributed by atoms with van der Waals surface area (Å²) >= 11 is 0. The molecule has 6 heteroatoms. The molecule has 0 aliphatic heterocycles. The Labute approximate surface area is 166 Å². The SMILES string of the molecule is COc1ccc(C(=O)NNC(=O)CCCOc2ccc(C(C)(C)C)cc2)cc1. The van der Waals surface area contributed by atoms with Gasteiger partial charge in [0.05, 0.1) is 13.7 Å². The van der Waals surface area contributed by atoms with E-state index in [1.165, 1.54) is 5.56 Å². The van der Waals surface area contributed by atoms with Gasteiger partial charge in [-0.3, -0.25) is 20.4 Å². The molecule has 2 aromatic carbocycles. The third-order valence-corrected chi connectivity index (χ3v) is 4.20. The number of carbonyl (C=O) groups is 2. The molecule has 0 atom stereocenters. The van der Waals surface area contributed by atoms with Crippen molar-refractivity contribution in [3.8, 4) is 11.5 Å². The van der Waals surface area contributed by atoms with Crippen LogP contribution in [0.5, 0.6) is 11.5 Å². The van der Waals surface area contributed by atoms with Crippen molar-refractivity contribution in [1.82, 2.24) is 10.9 Å². The van der Waals surface area contributed by atoms with Gasteiger partial charge in [0.15, 0.2) is 0 Å². The second-order valence-electron chi connectivity index (χ2n) is 7.46. The van der Waals surface area contributed by atoms with Crippen LogP contribution in [0.15, 0.2) is 48.5 Å². The number of rotatable bonds is 7. The summed E-state index contributed by atoms with van der Waals surface area (Å²) in [6.45, 7) is 6.91. The number of hydrogen-bond donors (Lipinski definition) is 2. The molecule has 0 bridgehead atoms. The van der Waals surface area contributed by atoms with Crippen molar-refractivity contribution in [3.05, 3.63) is 59.7 Å². The number of methoxy groups -OCH3 is 1. The van der Waals surface area contributed by atoms with Gasteiger partial charge in [-0.2, -0.15) is 0 Å². The zero-order chi connectivity index (χ0) is 20.6. The van der Waals surface area contributed by atoms with Gasteiger partial charge in [-0.1, -0.05) is 32.9 Å². The lowest BCUT2D eigenvalue weighted by Crippen LogP contribution is -2.41. The van der Waals surface area contributed by atoms with Crippen LogP contribution >= 0.6 is 0 Å². The van der Waals surface area contributed by atoms with Crippen LogP contribution in [-0.2, 0) is 10.2 Å². The van der Waals surface area contributed by atoms with Crippen LogP contribution < -0.4 is 20.3 Å². The van der Waals surface area contributed by atoms with Crippen molar-refractivity contribution < 1.29 is 19.1 Å². The first-order valence-corrected chi connectivity index (χ1v) is 9.26. The third-order valence-electron chi connectivity index (χ3n) is 4.20. The molecule has 2 amide bonds. The van der Waals surface area contributed by atoms with Gasteiger partial charge in [-0.15, -0.1) is 0 Å². The Morgan fingerprint density at radius 2 is 1.50 bits per heavy atom. The molecule has 2 rings (SSSR count). The van der Waals surface area contributed by atoms with Crippen molar-refractivity contribution in [2.45, 2.75) is 39.0 Å². The zero-order valence-electron chi connectivity index (χ0n) is 16.9. The molecule has 0 fully saturated rings. The summed E-state index contributed by atoms with van der Waals surface area (Å²) < 4.78 is 10.7. The summed E-state index contributed by atoms with van der Waals surface area (Å²) in [5, 5.41) is 0. The first kappa shape index (κ1) is 21.3. The lowest BCUT2D eigenvalue weighted by atomic mass is 9.87. The minimum absolute atomic E-state index is 0.104. The van der Waals surface area contributed by atoms with Crippen molar-refractivity contribution in [1.29, 1.82) is 0 Å². The molecule has 6 nitrogen and oxygen atoms in total. The van der Waals surface area contributed by atoms with Crippen LogP contribution in [0.3, 0.4) is 0 Å². The molecule has 0 heterocycles. The Morgan fingerprint density at radius 1 is 0.893 bits per heavy atom. The molecule has 2 N–H and O–H groups in total. The molecule has 0 unspecified atom stereocenters. The highest BCUT2D eigenvalue weighted by Crippen LogP contribution is 2.24. The van der Waals surface area contributed by atoms with E-state index in [0.717, 1.165) is 5.75 Å². The number of hydrazine groups is 1. The van der Waals surface area contributed by atoms with Gasteiger partial charge in [0.2, 0.25) is 5.91 Å². The van der Waals surface area contributed by atoms with Crippen molar-refractivity contribution >= 4 is 11.8 Å². The molecular weight excluding hydrogens is 356 g/mol. The lowest BCUT2D eigenvalue weighted by molar-refractivity contribution is -0.122. The van der Waals surface area contributed by atoms with Crippen LogP contribution in [0.2, 0.25) is 0 Å². The molecule has 150 valence electrons. The van der Waals surface area contributed by atoms with Gasteiger partial charge in [-0.25, -0.2) is 0 Å². The number of ether oxygens (including phenoxy) is 2. The Kier molecular flexibility index (Phi) is 7.44.